The Morgan fingerprint density at radius 2 is 1.93 bits per heavy atom. The van der Waals surface area contributed by atoms with Crippen LogP contribution in [-0.4, -0.2) is 30.6 Å². The molecule has 0 aliphatic rings. The molecule has 0 fully saturated rings. The van der Waals surface area contributed by atoms with Crippen LogP contribution in [0.5, 0.6) is 11.5 Å². The summed E-state index contributed by atoms with van der Waals surface area (Å²) in [4.78, 5) is 23.9. The molecular formula is C18H18BrN3O4S. The average Bonchev–Trinajstić information content (AvgIpc) is 2.64. The normalized spacial score (nSPS) is 9.89. The second-order valence-electron chi connectivity index (χ2n) is 5.41. The summed E-state index contributed by atoms with van der Waals surface area (Å²) in [6.07, 6.45) is 0. The van der Waals surface area contributed by atoms with Crippen molar-refractivity contribution in [3.05, 3.63) is 58.1 Å². The van der Waals surface area contributed by atoms with Crippen molar-refractivity contribution in [1.29, 1.82) is 0 Å². The number of hydrogen-bond donors (Lipinski definition) is 3. The van der Waals surface area contributed by atoms with Gasteiger partial charge in [0.1, 0.15) is 11.5 Å². The Morgan fingerprint density at radius 1 is 1.15 bits per heavy atom. The number of rotatable bonds is 5. The highest BCUT2D eigenvalue weighted by Gasteiger charge is 2.10. The third-order valence-electron chi connectivity index (χ3n) is 3.32. The lowest BCUT2D eigenvalue weighted by Gasteiger charge is -2.12. The summed E-state index contributed by atoms with van der Waals surface area (Å²) in [6.45, 7) is 1.72. The molecule has 0 aromatic heterocycles. The third kappa shape index (κ3) is 6.54. The quantitative estimate of drug-likeness (QED) is 0.477. The van der Waals surface area contributed by atoms with Crippen molar-refractivity contribution in [1.82, 2.24) is 16.2 Å². The lowest BCUT2D eigenvalue weighted by Crippen LogP contribution is -2.49. The Morgan fingerprint density at radius 3 is 2.59 bits per heavy atom. The molecule has 2 amide bonds. The van der Waals surface area contributed by atoms with Gasteiger partial charge in [-0.05, 0) is 71.0 Å². The Kier molecular flexibility index (Phi) is 7.56. The van der Waals surface area contributed by atoms with Crippen LogP contribution >= 0.6 is 28.1 Å². The van der Waals surface area contributed by atoms with Gasteiger partial charge in [-0.1, -0.05) is 12.1 Å². The van der Waals surface area contributed by atoms with Gasteiger partial charge in [-0.25, -0.2) is 0 Å². The fourth-order valence-corrected chi connectivity index (χ4v) is 2.75. The smallest absolute Gasteiger partial charge is 0.269 e. The van der Waals surface area contributed by atoms with Gasteiger partial charge in [-0.3, -0.25) is 25.8 Å². The van der Waals surface area contributed by atoms with Gasteiger partial charge in [0.05, 0.1) is 11.6 Å². The van der Waals surface area contributed by atoms with E-state index in [1.807, 2.05) is 25.1 Å². The maximum Gasteiger partial charge on any atom is 0.269 e. The maximum atomic E-state index is 12.1. The standard InChI is InChI=1S/C18H18BrN3O4S/c1-11-4-3-5-13(8-11)26-10-16(23)20-18(27)22-21-17(24)12-6-7-15(25-2)14(19)9-12/h3-9H,10H2,1-2H3,(H,21,24)(H2,20,22,23,27). The van der Waals surface area contributed by atoms with Gasteiger partial charge in [0.25, 0.3) is 11.8 Å². The van der Waals surface area contributed by atoms with Crippen LogP contribution in [0, 0.1) is 6.92 Å². The van der Waals surface area contributed by atoms with Gasteiger partial charge >= 0.3 is 0 Å². The fourth-order valence-electron chi connectivity index (χ4n) is 2.04. The zero-order chi connectivity index (χ0) is 19.8. The van der Waals surface area contributed by atoms with Crippen molar-refractivity contribution < 1.29 is 19.1 Å². The molecule has 0 unspecified atom stereocenters. The zero-order valence-corrected chi connectivity index (χ0v) is 17.1. The van der Waals surface area contributed by atoms with Gasteiger partial charge in [-0.15, -0.1) is 0 Å². The number of hydrazine groups is 1. The molecule has 0 heterocycles. The molecule has 27 heavy (non-hydrogen) atoms. The van der Waals surface area contributed by atoms with Crippen LogP contribution in [0.3, 0.4) is 0 Å². The van der Waals surface area contributed by atoms with Crippen molar-refractivity contribution in [3.8, 4) is 11.5 Å². The molecule has 0 spiro atoms. The first-order valence-electron chi connectivity index (χ1n) is 7.82. The van der Waals surface area contributed by atoms with E-state index in [-0.39, 0.29) is 11.7 Å². The largest absolute Gasteiger partial charge is 0.496 e. The summed E-state index contributed by atoms with van der Waals surface area (Å²) < 4.78 is 11.1. The highest BCUT2D eigenvalue weighted by molar-refractivity contribution is 9.10. The van der Waals surface area contributed by atoms with Crippen molar-refractivity contribution in [2.45, 2.75) is 6.92 Å². The molecule has 2 rings (SSSR count). The lowest BCUT2D eigenvalue weighted by atomic mass is 10.2. The summed E-state index contributed by atoms with van der Waals surface area (Å²) >= 11 is 8.28. The Labute approximate surface area is 170 Å². The van der Waals surface area contributed by atoms with Gasteiger partial charge in [0, 0.05) is 5.56 Å². The molecule has 2 aromatic rings. The lowest BCUT2D eigenvalue weighted by molar-refractivity contribution is -0.121. The van der Waals surface area contributed by atoms with Crippen LogP contribution < -0.4 is 25.6 Å². The zero-order valence-electron chi connectivity index (χ0n) is 14.7. The minimum atomic E-state index is -0.449. The Hall–Kier alpha value is -2.65. The summed E-state index contributed by atoms with van der Waals surface area (Å²) in [5.74, 6) is 0.319. The number of methoxy groups -OCH3 is 1. The number of hydrogen-bond acceptors (Lipinski definition) is 5. The van der Waals surface area contributed by atoms with Crippen molar-refractivity contribution in [2.75, 3.05) is 13.7 Å². The number of thiocarbonyl (C=S) groups is 1. The van der Waals surface area contributed by atoms with E-state index < -0.39 is 11.8 Å². The number of nitrogens with one attached hydrogen (secondary N) is 3. The van der Waals surface area contributed by atoms with E-state index >= 15 is 0 Å². The highest BCUT2D eigenvalue weighted by Crippen LogP contribution is 2.25. The maximum absolute atomic E-state index is 12.1. The average molecular weight is 452 g/mol. The molecule has 0 aliphatic heterocycles. The van der Waals surface area contributed by atoms with Crippen molar-refractivity contribution in [2.24, 2.45) is 0 Å². The first-order valence-corrected chi connectivity index (χ1v) is 9.02. The minimum absolute atomic E-state index is 0.0474. The van der Waals surface area contributed by atoms with Gasteiger partial charge < -0.3 is 9.47 Å². The van der Waals surface area contributed by atoms with Crippen LogP contribution in [0.1, 0.15) is 15.9 Å². The van der Waals surface area contributed by atoms with Crippen molar-refractivity contribution >= 4 is 45.1 Å². The number of ether oxygens (including phenoxy) is 2. The van der Waals surface area contributed by atoms with E-state index in [4.69, 9.17) is 21.7 Å². The monoisotopic (exact) mass is 451 g/mol. The molecule has 0 bridgehead atoms. The number of carbonyl (C=O) groups is 2. The van der Waals surface area contributed by atoms with Crippen molar-refractivity contribution in [3.63, 3.8) is 0 Å². The molecule has 7 nitrogen and oxygen atoms in total. The second kappa shape index (κ2) is 9.89. The number of aryl methyl sites for hydroxylation is 1. The molecule has 0 atom stereocenters. The van der Waals surface area contributed by atoms with Gasteiger partial charge in [0.2, 0.25) is 0 Å². The molecule has 0 saturated heterocycles. The first-order chi connectivity index (χ1) is 12.9. The summed E-state index contributed by atoms with van der Waals surface area (Å²) in [5, 5.41) is 2.37. The molecule has 9 heteroatoms. The summed E-state index contributed by atoms with van der Waals surface area (Å²) in [6, 6.07) is 12.2. The van der Waals surface area contributed by atoms with E-state index in [9.17, 15) is 9.59 Å². The molecule has 3 N–H and O–H groups in total. The predicted molar refractivity (Wildman–Crippen MR) is 109 cm³/mol. The van der Waals surface area contributed by atoms with E-state index in [0.717, 1.165) is 5.56 Å². The Balaban J connectivity index is 1.77. The van der Waals surface area contributed by atoms with Gasteiger partial charge in [0.15, 0.2) is 11.7 Å². The molecule has 0 radical (unpaired) electrons. The molecule has 142 valence electrons. The van der Waals surface area contributed by atoms with Crippen LogP contribution in [-0.2, 0) is 4.79 Å². The highest BCUT2D eigenvalue weighted by atomic mass is 79.9. The topological polar surface area (TPSA) is 88.7 Å². The first kappa shape index (κ1) is 20.7. The van der Waals surface area contributed by atoms with Crippen LogP contribution in [0.15, 0.2) is 46.9 Å². The van der Waals surface area contributed by atoms with Crippen LogP contribution in [0.4, 0.5) is 0 Å². The fraction of sp³-hybridized carbons (Fsp3) is 0.167. The van der Waals surface area contributed by atoms with Gasteiger partial charge in [-0.2, -0.15) is 0 Å². The minimum Gasteiger partial charge on any atom is -0.496 e. The third-order valence-corrected chi connectivity index (χ3v) is 4.14. The summed E-state index contributed by atoms with van der Waals surface area (Å²) in [5.41, 5.74) is 6.28. The molecule has 0 aliphatic carbocycles. The number of carbonyl (C=O) groups excluding carboxylic acids is 2. The molecule has 2 aromatic carbocycles. The van der Waals surface area contributed by atoms with E-state index in [2.05, 4.69) is 32.1 Å². The number of amides is 2. The number of halogens is 1. The van der Waals surface area contributed by atoms with Crippen LogP contribution in [0.25, 0.3) is 0 Å². The van der Waals surface area contributed by atoms with E-state index in [1.54, 1.807) is 24.3 Å². The molecule has 0 saturated carbocycles. The Bertz CT molecular complexity index is 860. The molecular weight excluding hydrogens is 434 g/mol. The predicted octanol–water partition coefficient (Wildman–Crippen LogP) is 2.48. The second-order valence-corrected chi connectivity index (χ2v) is 6.67. The van der Waals surface area contributed by atoms with E-state index in [1.165, 1.54) is 7.11 Å². The number of benzene rings is 2. The van der Waals surface area contributed by atoms with Crippen LogP contribution in [0.2, 0.25) is 0 Å². The van der Waals surface area contributed by atoms with E-state index in [0.29, 0.717) is 21.5 Å². The SMILES string of the molecule is COc1ccc(C(=O)NNC(=S)NC(=O)COc2cccc(C)c2)cc1Br. The summed E-state index contributed by atoms with van der Waals surface area (Å²) in [7, 11) is 1.53.